The number of likely N-dealkylation sites (N-methyl/N-ethyl adjacent to an activating group) is 1. The maximum Gasteiger partial charge on any atom is 0.151 e. The lowest BCUT2D eigenvalue weighted by molar-refractivity contribution is -0.119. The molecule has 2 heteroatoms. The highest BCUT2D eigenvalue weighted by atomic mass is 16.1. The largest absolute Gasteiger partial charge is 0.298 e. The lowest BCUT2D eigenvalue weighted by Gasteiger charge is -2.16. The quantitative estimate of drug-likeness (QED) is 0.709. The predicted molar refractivity (Wildman–Crippen MR) is 62.9 cm³/mol. The Morgan fingerprint density at radius 2 is 1.73 bits per heavy atom. The minimum absolute atomic E-state index is 0.296. The fraction of sp³-hybridized carbons (Fsp3) is 0.462. The van der Waals surface area contributed by atoms with Crippen molar-refractivity contribution in [2.75, 3.05) is 19.6 Å². The number of Topliss-reactive ketones (excluding diaryl/α,β-unsaturated/α-hetero) is 1. The van der Waals surface area contributed by atoms with Gasteiger partial charge in [0.1, 0.15) is 0 Å². The number of nitrogens with zero attached hydrogens (tertiary/aromatic N) is 1. The standard InChI is InChI=1S/C13H19NO/c1-3-14(4-2)11-13(15)10-12-8-6-5-7-9-12/h5-9H,3-4,10-11H2,1-2H3. The lowest BCUT2D eigenvalue weighted by Crippen LogP contribution is -2.30. The van der Waals surface area contributed by atoms with E-state index in [9.17, 15) is 4.79 Å². The van der Waals surface area contributed by atoms with Crippen molar-refractivity contribution >= 4 is 5.78 Å². The van der Waals surface area contributed by atoms with Gasteiger partial charge in [-0.3, -0.25) is 9.69 Å². The molecule has 0 saturated carbocycles. The van der Waals surface area contributed by atoms with Gasteiger partial charge in [0.2, 0.25) is 0 Å². The number of rotatable bonds is 6. The number of hydrogen-bond acceptors (Lipinski definition) is 2. The molecule has 0 aliphatic rings. The average Bonchev–Trinajstić information content (AvgIpc) is 2.27. The summed E-state index contributed by atoms with van der Waals surface area (Å²) in [6.45, 7) is 6.62. The molecule has 0 saturated heterocycles. The first-order valence-electron chi connectivity index (χ1n) is 5.54. The van der Waals surface area contributed by atoms with E-state index in [1.54, 1.807) is 0 Å². The molecule has 0 bridgehead atoms. The molecular weight excluding hydrogens is 186 g/mol. The molecule has 0 heterocycles. The average molecular weight is 205 g/mol. The third kappa shape index (κ3) is 4.26. The van der Waals surface area contributed by atoms with Crippen LogP contribution in [-0.2, 0) is 11.2 Å². The van der Waals surface area contributed by atoms with Crippen molar-refractivity contribution in [3.8, 4) is 0 Å². The van der Waals surface area contributed by atoms with Crippen molar-refractivity contribution in [2.45, 2.75) is 20.3 Å². The summed E-state index contributed by atoms with van der Waals surface area (Å²) in [5.74, 6) is 0.296. The third-order valence-corrected chi connectivity index (χ3v) is 2.54. The normalized spacial score (nSPS) is 10.6. The highest BCUT2D eigenvalue weighted by Gasteiger charge is 2.07. The van der Waals surface area contributed by atoms with Crippen molar-refractivity contribution in [1.29, 1.82) is 0 Å². The van der Waals surface area contributed by atoms with Crippen LogP contribution in [0.2, 0.25) is 0 Å². The van der Waals surface area contributed by atoms with Crippen LogP contribution >= 0.6 is 0 Å². The molecule has 82 valence electrons. The van der Waals surface area contributed by atoms with Crippen LogP contribution in [-0.4, -0.2) is 30.3 Å². The van der Waals surface area contributed by atoms with Crippen molar-refractivity contribution in [3.63, 3.8) is 0 Å². The maximum absolute atomic E-state index is 11.7. The number of benzene rings is 1. The minimum atomic E-state index is 0.296. The van der Waals surface area contributed by atoms with Crippen LogP contribution < -0.4 is 0 Å². The SMILES string of the molecule is CCN(CC)CC(=O)Cc1ccccc1. The zero-order chi connectivity index (χ0) is 11.1. The zero-order valence-electron chi connectivity index (χ0n) is 9.57. The number of carbonyl (C=O) groups excluding carboxylic acids is 1. The fourth-order valence-electron chi connectivity index (χ4n) is 1.58. The van der Waals surface area contributed by atoms with Crippen LogP contribution in [0, 0.1) is 0 Å². The molecule has 1 rings (SSSR count). The maximum atomic E-state index is 11.7. The topological polar surface area (TPSA) is 20.3 Å². The van der Waals surface area contributed by atoms with Gasteiger partial charge in [0.15, 0.2) is 5.78 Å². The van der Waals surface area contributed by atoms with E-state index in [0.29, 0.717) is 18.7 Å². The van der Waals surface area contributed by atoms with Gasteiger partial charge in [-0.05, 0) is 18.7 Å². The van der Waals surface area contributed by atoms with Crippen LogP contribution in [0.15, 0.2) is 30.3 Å². The summed E-state index contributed by atoms with van der Waals surface area (Å²) in [6, 6.07) is 9.92. The Hall–Kier alpha value is -1.15. The molecule has 0 atom stereocenters. The first-order valence-corrected chi connectivity index (χ1v) is 5.54. The Bertz CT molecular complexity index is 291. The van der Waals surface area contributed by atoms with Gasteiger partial charge in [0.25, 0.3) is 0 Å². The summed E-state index contributed by atoms with van der Waals surface area (Å²) < 4.78 is 0. The molecule has 0 aliphatic heterocycles. The van der Waals surface area contributed by atoms with Gasteiger partial charge in [0.05, 0.1) is 6.54 Å². The number of ketones is 1. The molecule has 1 aromatic carbocycles. The van der Waals surface area contributed by atoms with E-state index in [1.165, 1.54) is 0 Å². The Morgan fingerprint density at radius 3 is 2.27 bits per heavy atom. The molecule has 0 aliphatic carbocycles. The van der Waals surface area contributed by atoms with Crippen LogP contribution in [0.4, 0.5) is 0 Å². The first kappa shape index (κ1) is 11.9. The van der Waals surface area contributed by atoms with Gasteiger partial charge < -0.3 is 0 Å². The molecule has 0 radical (unpaired) electrons. The molecule has 1 aromatic rings. The Morgan fingerprint density at radius 1 is 1.13 bits per heavy atom. The van der Waals surface area contributed by atoms with Crippen molar-refractivity contribution in [3.05, 3.63) is 35.9 Å². The summed E-state index contributed by atoms with van der Waals surface area (Å²) in [7, 11) is 0. The van der Waals surface area contributed by atoms with Crippen molar-refractivity contribution < 1.29 is 4.79 Å². The highest BCUT2D eigenvalue weighted by Crippen LogP contribution is 2.01. The molecule has 0 unspecified atom stereocenters. The lowest BCUT2D eigenvalue weighted by atomic mass is 10.1. The van der Waals surface area contributed by atoms with Crippen LogP contribution in [0.1, 0.15) is 19.4 Å². The summed E-state index contributed by atoms with van der Waals surface area (Å²) in [5, 5.41) is 0. The summed E-state index contributed by atoms with van der Waals surface area (Å²) >= 11 is 0. The molecule has 15 heavy (non-hydrogen) atoms. The molecule has 0 aromatic heterocycles. The second-order valence-corrected chi connectivity index (χ2v) is 3.66. The van der Waals surface area contributed by atoms with Gasteiger partial charge in [-0.1, -0.05) is 44.2 Å². The van der Waals surface area contributed by atoms with Gasteiger partial charge in [-0.15, -0.1) is 0 Å². The highest BCUT2D eigenvalue weighted by molar-refractivity contribution is 5.82. The van der Waals surface area contributed by atoms with Gasteiger partial charge >= 0.3 is 0 Å². The molecule has 0 spiro atoms. The van der Waals surface area contributed by atoms with Crippen LogP contribution in [0.5, 0.6) is 0 Å². The summed E-state index contributed by atoms with van der Waals surface area (Å²) in [6.07, 6.45) is 0.553. The Balaban J connectivity index is 2.43. The monoisotopic (exact) mass is 205 g/mol. The van der Waals surface area contributed by atoms with Crippen LogP contribution in [0.3, 0.4) is 0 Å². The van der Waals surface area contributed by atoms with E-state index in [0.717, 1.165) is 18.7 Å². The third-order valence-electron chi connectivity index (χ3n) is 2.54. The van der Waals surface area contributed by atoms with Crippen molar-refractivity contribution in [1.82, 2.24) is 4.90 Å². The minimum Gasteiger partial charge on any atom is -0.298 e. The number of hydrogen-bond donors (Lipinski definition) is 0. The zero-order valence-corrected chi connectivity index (χ0v) is 9.57. The second-order valence-electron chi connectivity index (χ2n) is 3.66. The first-order chi connectivity index (χ1) is 7.26. The predicted octanol–water partition coefficient (Wildman–Crippen LogP) is 2.14. The molecular formula is C13H19NO. The summed E-state index contributed by atoms with van der Waals surface area (Å²) in [4.78, 5) is 13.8. The van der Waals surface area contributed by atoms with E-state index >= 15 is 0 Å². The smallest absolute Gasteiger partial charge is 0.151 e. The van der Waals surface area contributed by atoms with Gasteiger partial charge in [0, 0.05) is 6.42 Å². The van der Waals surface area contributed by atoms with Crippen LogP contribution in [0.25, 0.3) is 0 Å². The Labute approximate surface area is 91.9 Å². The van der Waals surface area contributed by atoms with Gasteiger partial charge in [-0.25, -0.2) is 0 Å². The molecule has 0 N–H and O–H groups in total. The van der Waals surface area contributed by atoms with E-state index in [1.807, 2.05) is 30.3 Å². The van der Waals surface area contributed by atoms with E-state index in [4.69, 9.17) is 0 Å². The van der Waals surface area contributed by atoms with Crippen molar-refractivity contribution in [2.24, 2.45) is 0 Å². The summed E-state index contributed by atoms with van der Waals surface area (Å²) in [5.41, 5.74) is 1.11. The van der Waals surface area contributed by atoms with E-state index in [-0.39, 0.29) is 0 Å². The number of carbonyl (C=O) groups is 1. The Kier molecular flexibility index (Phi) is 5.05. The van der Waals surface area contributed by atoms with E-state index < -0.39 is 0 Å². The van der Waals surface area contributed by atoms with Gasteiger partial charge in [-0.2, -0.15) is 0 Å². The second kappa shape index (κ2) is 6.36. The molecule has 0 fully saturated rings. The van der Waals surface area contributed by atoms with E-state index in [2.05, 4.69) is 18.7 Å². The fourth-order valence-corrected chi connectivity index (χ4v) is 1.58. The molecule has 2 nitrogen and oxygen atoms in total. The molecule has 0 amide bonds.